The van der Waals surface area contributed by atoms with Crippen LogP contribution in [0.5, 0.6) is 0 Å². The standard InChI is InChI=1S/C19H13Cl2N3S/c1-12-5-7-13(8-6-12)17-11-25-19(24-17)14(9-22)10-23-16-4-2-3-15(20)18(16)21/h2-8,10-11,23H,1H3. The number of benzene rings is 2. The highest BCUT2D eigenvalue weighted by Crippen LogP contribution is 2.30. The van der Waals surface area contributed by atoms with Crippen molar-refractivity contribution < 1.29 is 0 Å². The van der Waals surface area contributed by atoms with Gasteiger partial charge in [-0.25, -0.2) is 4.98 Å². The summed E-state index contributed by atoms with van der Waals surface area (Å²) in [5, 5.41) is 15.9. The summed E-state index contributed by atoms with van der Waals surface area (Å²) >= 11 is 13.6. The number of nitrogens with zero attached hydrogens (tertiary/aromatic N) is 2. The van der Waals surface area contributed by atoms with Crippen molar-refractivity contribution in [3.8, 4) is 17.3 Å². The van der Waals surface area contributed by atoms with Gasteiger partial charge >= 0.3 is 0 Å². The van der Waals surface area contributed by atoms with Crippen molar-refractivity contribution in [1.29, 1.82) is 5.26 Å². The molecular formula is C19H13Cl2N3S. The average Bonchev–Trinajstić information content (AvgIpc) is 3.09. The number of allylic oxidation sites excluding steroid dienone is 1. The maximum Gasteiger partial charge on any atom is 0.136 e. The van der Waals surface area contributed by atoms with E-state index in [1.165, 1.54) is 16.9 Å². The first-order chi connectivity index (χ1) is 12.1. The summed E-state index contributed by atoms with van der Waals surface area (Å²) in [6, 6.07) is 15.6. The Morgan fingerprint density at radius 3 is 2.68 bits per heavy atom. The molecule has 0 amide bonds. The van der Waals surface area contributed by atoms with Crippen molar-refractivity contribution in [3.63, 3.8) is 0 Å². The minimum Gasteiger partial charge on any atom is -0.359 e. The summed E-state index contributed by atoms with van der Waals surface area (Å²) in [5.41, 5.74) is 4.13. The molecule has 0 fully saturated rings. The van der Waals surface area contributed by atoms with Gasteiger partial charge in [-0.3, -0.25) is 0 Å². The minimum atomic E-state index is 0.414. The largest absolute Gasteiger partial charge is 0.359 e. The molecule has 3 rings (SSSR count). The molecule has 0 aliphatic rings. The van der Waals surface area contributed by atoms with Crippen molar-refractivity contribution in [3.05, 3.63) is 74.7 Å². The molecule has 0 aliphatic carbocycles. The van der Waals surface area contributed by atoms with Gasteiger partial charge < -0.3 is 5.32 Å². The summed E-state index contributed by atoms with van der Waals surface area (Å²) < 4.78 is 0. The molecule has 3 aromatic rings. The number of nitriles is 1. The lowest BCUT2D eigenvalue weighted by Crippen LogP contribution is -1.92. The van der Waals surface area contributed by atoms with E-state index in [1.54, 1.807) is 24.4 Å². The van der Waals surface area contributed by atoms with Crippen molar-refractivity contribution >= 4 is 45.8 Å². The van der Waals surface area contributed by atoms with E-state index in [-0.39, 0.29) is 0 Å². The molecule has 0 bridgehead atoms. The fourth-order valence-corrected chi connectivity index (χ4v) is 3.31. The number of halogens is 2. The van der Waals surface area contributed by atoms with Gasteiger partial charge in [-0.05, 0) is 19.1 Å². The second-order valence-electron chi connectivity index (χ2n) is 5.32. The number of hydrogen-bond donors (Lipinski definition) is 1. The highest BCUT2D eigenvalue weighted by Gasteiger charge is 2.10. The third kappa shape index (κ3) is 4.02. The predicted molar refractivity (Wildman–Crippen MR) is 106 cm³/mol. The first kappa shape index (κ1) is 17.5. The fourth-order valence-electron chi connectivity index (χ4n) is 2.16. The summed E-state index contributed by atoms with van der Waals surface area (Å²) in [4.78, 5) is 4.56. The molecular weight excluding hydrogens is 373 g/mol. The zero-order valence-electron chi connectivity index (χ0n) is 13.3. The molecule has 0 spiro atoms. The van der Waals surface area contributed by atoms with Gasteiger partial charge in [0.15, 0.2) is 0 Å². The Hall–Kier alpha value is -2.32. The molecule has 6 heteroatoms. The molecule has 0 unspecified atom stereocenters. The predicted octanol–water partition coefficient (Wildman–Crippen LogP) is 6.40. The highest BCUT2D eigenvalue weighted by atomic mass is 35.5. The number of aryl methyl sites for hydroxylation is 1. The minimum absolute atomic E-state index is 0.414. The normalized spacial score (nSPS) is 11.2. The van der Waals surface area contributed by atoms with E-state index < -0.39 is 0 Å². The molecule has 1 heterocycles. The van der Waals surface area contributed by atoms with Crippen LogP contribution in [0.2, 0.25) is 10.0 Å². The van der Waals surface area contributed by atoms with Crippen molar-refractivity contribution in [2.45, 2.75) is 6.92 Å². The summed E-state index contributed by atoms with van der Waals surface area (Å²) in [6.07, 6.45) is 1.59. The van der Waals surface area contributed by atoms with Crippen LogP contribution < -0.4 is 5.32 Å². The van der Waals surface area contributed by atoms with Crippen molar-refractivity contribution in [2.75, 3.05) is 5.32 Å². The maximum absolute atomic E-state index is 9.45. The number of rotatable bonds is 4. The van der Waals surface area contributed by atoms with Crippen LogP contribution in [0.15, 0.2) is 54.0 Å². The van der Waals surface area contributed by atoms with E-state index in [4.69, 9.17) is 23.2 Å². The summed E-state index contributed by atoms with van der Waals surface area (Å²) in [7, 11) is 0. The molecule has 0 atom stereocenters. The summed E-state index contributed by atoms with van der Waals surface area (Å²) in [5.74, 6) is 0. The molecule has 0 saturated carbocycles. The number of aromatic nitrogens is 1. The molecule has 2 aromatic carbocycles. The fraction of sp³-hybridized carbons (Fsp3) is 0.0526. The second-order valence-corrected chi connectivity index (χ2v) is 6.96. The Labute approximate surface area is 160 Å². The Morgan fingerprint density at radius 1 is 1.20 bits per heavy atom. The molecule has 25 heavy (non-hydrogen) atoms. The van der Waals surface area contributed by atoms with E-state index in [2.05, 4.69) is 16.4 Å². The van der Waals surface area contributed by atoms with Crippen LogP contribution in [-0.4, -0.2) is 4.98 Å². The average molecular weight is 386 g/mol. The Kier molecular flexibility index (Phi) is 5.40. The molecule has 1 aromatic heterocycles. The van der Waals surface area contributed by atoms with Gasteiger partial charge in [0, 0.05) is 17.1 Å². The van der Waals surface area contributed by atoms with E-state index in [9.17, 15) is 5.26 Å². The van der Waals surface area contributed by atoms with E-state index >= 15 is 0 Å². The third-order valence-electron chi connectivity index (χ3n) is 3.53. The molecule has 124 valence electrons. The van der Waals surface area contributed by atoms with Crippen molar-refractivity contribution in [2.24, 2.45) is 0 Å². The molecule has 0 radical (unpaired) electrons. The van der Waals surface area contributed by atoms with Crippen LogP contribution >= 0.6 is 34.5 Å². The van der Waals surface area contributed by atoms with Gasteiger partial charge in [-0.15, -0.1) is 11.3 Å². The first-order valence-electron chi connectivity index (χ1n) is 7.42. The lowest BCUT2D eigenvalue weighted by Gasteiger charge is -2.05. The molecule has 1 N–H and O–H groups in total. The smallest absolute Gasteiger partial charge is 0.136 e. The van der Waals surface area contributed by atoms with Gasteiger partial charge in [-0.2, -0.15) is 5.26 Å². The quantitative estimate of drug-likeness (QED) is 0.528. The summed E-state index contributed by atoms with van der Waals surface area (Å²) in [6.45, 7) is 2.04. The Bertz CT molecular complexity index is 969. The van der Waals surface area contributed by atoms with Crippen LogP contribution in [0.4, 0.5) is 5.69 Å². The van der Waals surface area contributed by atoms with Gasteiger partial charge in [0.2, 0.25) is 0 Å². The van der Waals surface area contributed by atoms with E-state index in [0.29, 0.717) is 26.3 Å². The van der Waals surface area contributed by atoms with Gasteiger partial charge in [0.1, 0.15) is 16.6 Å². The SMILES string of the molecule is Cc1ccc(-c2csc(C(C#N)=CNc3cccc(Cl)c3Cl)n2)cc1. The second kappa shape index (κ2) is 7.71. The van der Waals surface area contributed by atoms with Gasteiger partial charge in [0.05, 0.1) is 21.4 Å². The topological polar surface area (TPSA) is 48.7 Å². The molecule has 0 aliphatic heterocycles. The zero-order valence-corrected chi connectivity index (χ0v) is 15.6. The highest BCUT2D eigenvalue weighted by molar-refractivity contribution is 7.11. The molecule has 3 nitrogen and oxygen atoms in total. The van der Waals surface area contributed by atoms with Crippen LogP contribution in [-0.2, 0) is 0 Å². The number of thiazole rings is 1. The lowest BCUT2D eigenvalue weighted by atomic mass is 10.1. The zero-order chi connectivity index (χ0) is 17.8. The molecule has 0 saturated heterocycles. The van der Waals surface area contributed by atoms with Crippen LogP contribution in [0.25, 0.3) is 16.8 Å². The maximum atomic E-state index is 9.45. The van der Waals surface area contributed by atoms with Crippen LogP contribution in [0.3, 0.4) is 0 Å². The van der Waals surface area contributed by atoms with Gasteiger partial charge in [0.25, 0.3) is 0 Å². The van der Waals surface area contributed by atoms with Crippen molar-refractivity contribution in [1.82, 2.24) is 4.98 Å². The lowest BCUT2D eigenvalue weighted by molar-refractivity contribution is 1.36. The number of hydrogen-bond acceptors (Lipinski definition) is 4. The van der Waals surface area contributed by atoms with Gasteiger partial charge in [-0.1, -0.05) is 59.1 Å². The Balaban J connectivity index is 1.85. The number of nitrogens with one attached hydrogen (secondary N) is 1. The van der Waals surface area contributed by atoms with Crippen LogP contribution in [0, 0.1) is 18.3 Å². The van der Waals surface area contributed by atoms with E-state index in [1.807, 2.05) is 36.6 Å². The Morgan fingerprint density at radius 2 is 1.96 bits per heavy atom. The first-order valence-corrected chi connectivity index (χ1v) is 9.06. The van der Waals surface area contributed by atoms with E-state index in [0.717, 1.165) is 11.3 Å². The number of anilines is 1. The van der Waals surface area contributed by atoms with Crippen LogP contribution in [0.1, 0.15) is 10.6 Å². The third-order valence-corrected chi connectivity index (χ3v) is 5.22. The monoisotopic (exact) mass is 385 g/mol.